The fourth-order valence-corrected chi connectivity index (χ4v) is 5.43. The van der Waals surface area contributed by atoms with E-state index in [1.165, 1.54) is 5.56 Å². The summed E-state index contributed by atoms with van der Waals surface area (Å²) in [4.78, 5) is 31.7. The van der Waals surface area contributed by atoms with E-state index in [1.807, 2.05) is 47.4 Å². The first-order chi connectivity index (χ1) is 14.6. The lowest BCUT2D eigenvalue weighted by Crippen LogP contribution is -2.47. The highest BCUT2D eigenvalue weighted by Crippen LogP contribution is 2.46. The minimum absolute atomic E-state index is 0.206. The highest BCUT2D eigenvalue weighted by atomic mass is 16.6. The number of likely N-dealkylation sites (tertiary alicyclic amines) is 1. The van der Waals surface area contributed by atoms with Crippen molar-refractivity contribution in [2.24, 2.45) is 4.99 Å². The molecule has 6 heteroatoms. The van der Waals surface area contributed by atoms with Crippen molar-refractivity contribution in [1.82, 2.24) is 4.90 Å². The monoisotopic (exact) mass is 402 g/mol. The number of nitrogens with zero attached hydrogens (tertiary/aromatic N) is 2. The van der Waals surface area contributed by atoms with Gasteiger partial charge in [0.05, 0.1) is 5.56 Å². The molecule has 0 N–H and O–H groups in total. The van der Waals surface area contributed by atoms with Crippen molar-refractivity contribution in [3.63, 3.8) is 0 Å². The van der Waals surface area contributed by atoms with Crippen LogP contribution in [0.3, 0.4) is 0 Å². The van der Waals surface area contributed by atoms with E-state index < -0.39 is 11.2 Å². The van der Waals surface area contributed by atoms with Gasteiger partial charge in [0.2, 0.25) is 5.60 Å². The number of hydrogen-bond donors (Lipinski definition) is 0. The molecule has 4 aliphatic rings. The summed E-state index contributed by atoms with van der Waals surface area (Å²) in [7, 11) is 0. The summed E-state index contributed by atoms with van der Waals surface area (Å²) >= 11 is 0. The summed E-state index contributed by atoms with van der Waals surface area (Å²) in [6, 6.07) is 16.0. The van der Waals surface area contributed by atoms with Crippen LogP contribution < -0.4 is 0 Å². The highest BCUT2D eigenvalue weighted by Gasteiger charge is 2.53. The van der Waals surface area contributed by atoms with Crippen LogP contribution in [0.15, 0.2) is 53.5 Å². The zero-order valence-corrected chi connectivity index (χ0v) is 16.6. The number of rotatable bonds is 0. The number of carbonyl (C=O) groups excluding carboxylic acids is 2. The third-order valence-corrected chi connectivity index (χ3v) is 7.00. The van der Waals surface area contributed by atoms with Crippen LogP contribution in [0.25, 0.3) is 0 Å². The first kappa shape index (κ1) is 17.7. The SMILES string of the molecule is O=C1OC2(CCN(C3=NC(=O)C4(CCCc5ccccc54)O3)CC2)c2ccccc21. The van der Waals surface area contributed by atoms with Crippen molar-refractivity contribution in [3.05, 3.63) is 70.8 Å². The predicted octanol–water partition coefficient (Wildman–Crippen LogP) is 3.29. The van der Waals surface area contributed by atoms with E-state index in [4.69, 9.17) is 9.47 Å². The van der Waals surface area contributed by atoms with Gasteiger partial charge in [-0.25, -0.2) is 4.79 Å². The van der Waals surface area contributed by atoms with Gasteiger partial charge in [-0.2, -0.15) is 4.99 Å². The second kappa shape index (κ2) is 6.17. The third kappa shape index (κ3) is 2.33. The number of aryl methyl sites for hydroxylation is 1. The van der Waals surface area contributed by atoms with Crippen molar-refractivity contribution < 1.29 is 19.1 Å². The minimum atomic E-state index is -0.980. The van der Waals surface area contributed by atoms with Crippen LogP contribution in [0, 0.1) is 0 Å². The quantitative estimate of drug-likeness (QED) is 0.633. The maximum Gasteiger partial charge on any atom is 0.339 e. The van der Waals surface area contributed by atoms with Crippen LogP contribution >= 0.6 is 0 Å². The van der Waals surface area contributed by atoms with E-state index in [2.05, 4.69) is 11.1 Å². The molecule has 1 fully saturated rings. The minimum Gasteiger partial charge on any atom is -0.450 e. The van der Waals surface area contributed by atoms with E-state index in [1.54, 1.807) is 0 Å². The summed E-state index contributed by atoms with van der Waals surface area (Å²) in [5.41, 5.74) is 2.19. The second-order valence-corrected chi connectivity index (χ2v) is 8.56. The summed E-state index contributed by atoms with van der Waals surface area (Å²) < 4.78 is 12.2. The second-order valence-electron chi connectivity index (χ2n) is 8.56. The maximum absolute atomic E-state index is 13.0. The molecule has 0 bridgehead atoms. The van der Waals surface area contributed by atoms with Gasteiger partial charge in [0.15, 0.2) is 0 Å². The van der Waals surface area contributed by atoms with E-state index in [9.17, 15) is 9.59 Å². The standard InChI is InChI=1S/C24H22N2O4/c27-20-17-8-2-4-10-19(17)23(29-20)12-14-26(15-13-23)22-25-21(28)24(30-22)11-5-7-16-6-1-3-9-18(16)24/h1-4,6,8-10H,5,7,11-15H2. The Morgan fingerprint density at radius 3 is 2.43 bits per heavy atom. The van der Waals surface area contributed by atoms with Gasteiger partial charge in [-0.05, 0) is 24.5 Å². The molecular formula is C24H22N2O4. The van der Waals surface area contributed by atoms with Crippen molar-refractivity contribution >= 4 is 17.9 Å². The van der Waals surface area contributed by atoms with Gasteiger partial charge in [-0.1, -0.05) is 42.5 Å². The van der Waals surface area contributed by atoms with Crippen molar-refractivity contribution in [1.29, 1.82) is 0 Å². The van der Waals surface area contributed by atoms with Gasteiger partial charge in [0, 0.05) is 43.5 Å². The lowest BCUT2D eigenvalue weighted by Gasteiger charge is -2.40. The van der Waals surface area contributed by atoms with E-state index in [0.717, 1.165) is 24.0 Å². The lowest BCUT2D eigenvalue weighted by molar-refractivity contribution is -0.133. The Morgan fingerprint density at radius 1 is 0.867 bits per heavy atom. The molecule has 6 rings (SSSR count). The van der Waals surface area contributed by atoms with E-state index >= 15 is 0 Å². The van der Waals surface area contributed by atoms with Crippen molar-refractivity contribution in [2.45, 2.75) is 43.3 Å². The molecule has 2 spiro atoms. The maximum atomic E-state index is 13.0. The number of fused-ring (bicyclic) bond motifs is 4. The normalized spacial score (nSPS) is 26.3. The molecule has 0 aromatic heterocycles. The largest absolute Gasteiger partial charge is 0.450 e. The number of carbonyl (C=O) groups is 2. The highest BCUT2D eigenvalue weighted by molar-refractivity contribution is 6.02. The van der Waals surface area contributed by atoms with E-state index in [-0.39, 0.29) is 11.9 Å². The van der Waals surface area contributed by atoms with Crippen LogP contribution in [-0.2, 0) is 31.9 Å². The Labute approximate surface area is 174 Å². The Morgan fingerprint density at radius 2 is 1.60 bits per heavy atom. The average Bonchev–Trinajstić information content (AvgIpc) is 3.24. The number of hydrogen-bond acceptors (Lipinski definition) is 5. The molecule has 1 saturated heterocycles. The lowest BCUT2D eigenvalue weighted by atomic mass is 9.79. The van der Waals surface area contributed by atoms with E-state index in [0.29, 0.717) is 43.9 Å². The number of amidine groups is 1. The van der Waals surface area contributed by atoms with Gasteiger partial charge >= 0.3 is 5.97 Å². The van der Waals surface area contributed by atoms with Gasteiger partial charge in [-0.3, -0.25) is 4.79 Å². The van der Waals surface area contributed by atoms with Gasteiger partial charge < -0.3 is 14.4 Å². The summed E-state index contributed by atoms with van der Waals surface area (Å²) in [5.74, 6) is -0.455. The van der Waals surface area contributed by atoms with Crippen LogP contribution in [0.4, 0.5) is 0 Å². The smallest absolute Gasteiger partial charge is 0.339 e. The number of piperidine rings is 1. The molecule has 2 aromatic carbocycles. The summed E-state index contributed by atoms with van der Waals surface area (Å²) in [6.07, 6.45) is 3.81. The van der Waals surface area contributed by atoms with Gasteiger partial charge in [0.25, 0.3) is 11.9 Å². The van der Waals surface area contributed by atoms with Crippen LogP contribution in [0.5, 0.6) is 0 Å². The number of esters is 1. The Kier molecular flexibility index (Phi) is 3.64. The van der Waals surface area contributed by atoms with Gasteiger partial charge in [-0.15, -0.1) is 0 Å². The van der Waals surface area contributed by atoms with Crippen LogP contribution in [-0.4, -0.2) is 35.9 Å². The predicted molar refractivity (Wildman–Crippen MR) is 109 cm³/mol. The molecule has 0 saturated carbocycles. The molecule has 152 valence electrons. The molecule has 1 aliphatic carbocycles. The van der Waals surface area contributed by atoms with Crippen molar-refractivity contribution in [2.75, 3.05) is 13.1 Å². The molecule has 3 heterocycles. The number of ether oxygens (including phenoxy) is 2. The Bertz CT molecular complexity index is 1100. The Hall–Kier alpha value is -3.15. The zero-order chi connectivity index (χ0) is 20.3. The fourth-order valence-electron chi connectivity index (χ4n) is 5.43. The molecule has 2 aromatic rings. The van der Waals surface area contributed by atoms with Crippen LogP contribution in [0.2, 0.25) is 0 Å². The first-order valence-corrected chi connectivity index (χ1v) is 10.6. The topological polar surface area (TPSA) is 68.2 Å². The number of aliphatic imine (C=N–C) groups is 1. The molecule has 30 heavy (non-hydrogen) atoms. The molecule has 3 aliphatic heterocycles. The van der Waals surface area contributed by atoms with Gasteiger partial charge in [0.1, 0.15) is 5.60 Å². The summed E-state index contributed by atoms with van der Waals surface area (Å²) in [6.45, 7) is 1.23. The first-order valence-electron chi connectivity index (χ1n) is 10.6. The van der Waals surface area contributed by atoms with Crippen LogP contribution in [0.1, 0.15) is 52.7 Å². The third-order valence-electron chi connectivity index (χ3n) is 7.00. The molecule has 6 nitrogen and oxygen atoms in total. The summed E-state index contributed by atoms with van der Waals surface area (Å²) in [5, 5.41) is 0. The van der Waals surface area contributed by atoms with Crippen molar-refractivity contribution in [3.8, 4) is 0 Å². The zero-order valence-electron chi connectivity index (χ0n) is 16.6. The molecular weight excluding hydrogens is 380 g/mol. The molecule has 1 unspecified atom stereocenters. The number of amides is 1. The number of benzene rings is 2. The Balaban J connectivity index is 1.24. The average molecular weight is 402 g/mol. The molecule has 1 amide bonds. The molecule has 1 atom stereocenters. The fraction of sp³-hybridized carbons (Fsp3) is 0.375. The molecule has 0 radical (unpaired) electrons.